The SMILES string of the molecule is CC[Si]1(CC)Oc2ccc3[cH-]ccc3c2O1.CC[Si]1(CC)Oc2ccc3[cH-]ccc3c2O1.C[Si]C.[Cl-].[Cl-].[Zr+4]. The van der Waals surface area contributed by atoms with Crippen molar-refractivity contribution in [3.8, 4) is 23.0 Å². The second-order valence-corrected chi connectivity index (χ2v) is 17.3. The summed E-state index contributed by atoms with van der Waals surface area (Å²) in [6, 6.07) is 24.8. The molecular weight excluding hydrogens is 647 g/mol. The molecule has 0 aliphatic carbocycles. The standard InChI is InChI=1S/2C13H15O2Si.C2H6Si.2ClH.Zr/c2*1-3-16(4-2)14-12-9-8-10-6-5-7-11(10)13(12)15-16;1-3-2;;;/h2*5-9H,3-4H2,1-2H3;1-2H3;2*1H;/q2*-1;;;;+4/p-2. The van der Waals surface area contributed by atoms with Crippen molar-refractivity contribution in [2.24, 2.45) is 0 Å². The maximum Gasteiger partial charge on any atom is 4.00 e. The second-order valence-electron chi connectivity index (χ2n) is 8.99. The minimum atomic E-state index is -1.98. The van der Waals surface area contributed by atoms with Crippen LogP contribution in [0, 0.1) is 0 Å². The Kier molecular flexibility index (Phi) is 13.9. The smallest absolute Gasteiger partial charge is 1.00 e. The zero-order valence-corrected chi connectivity index (χ0v) is 30.0. The van der Waals surface area contributed by atoms with Crippen LogP contribution in [0.3, 0.4) is 0 Å². The second kappa shape index (κ2) is 15.1. The normalized spacial score (nSPS) is 14.7. The number of halogens is 2. The van der Waals surface area contributed by atoms with Crippen molar-refractivity contribution in [1.29, 1.82) is 0 Å². The molecule has 0 N–H and O–H groups in total. The van der Waals surface area contributed by atoms with E-state index in [-0.39, 0.29) is 51.0 Å². The molecule has 2 aliphatic rings. The molecule has 6 rings (SSSR count). The average molecular weight is 683 g/mol. The van der Waals surface area contributed by atoms with Crippen LogP contribution in [0.4, 0.5) is 0 Å². The molecule has 0 aromatic heterocycles. The Labute approximate surface area is 263 Å². The third-order valence-corrected chi connectivity index (χ3v) is 13.4. The summed E-state index contributed by atoms with van der Waals surface area (Å²) >= 11 is 0. The third kappa shape index (κ3) is 6.81. The molecule has 0 amide bonds. The van der Waals surface area contributed by atoms with Crippen molar-refractivity contribution in [2.75, 3.05) is 0 Å². The molecule has 202 valence electrons. The Balaban J connectivity index is 0.000000322. The van der Waals surface area contributed by atoms with E-state index in [1.807, 2.05) is 12.1 Å². The largest absolute Gasteiger partial charge is 4.00 e. The summed E-state index contributed by atoms with van der Waals surface area (Å²) in [4.78, 5) is 0. The van der Waals surface area contributed by atoms with Gasteiger partial charge in [-0.15, -0.1) is 35.0 Å². The van der Waals surface area contributed by atoms with Crippen LogP contribution in [0.15, 0.2) is 60.7 Å². The topological polar surface area (TPSA) is 36.9 Å². The van der Waals surface area contributed by atoms with E-state index >= 15 is 0 Å². The molecular formula is C28H36Cl2O4Si3Zr. The maximum atomic E-state index is 6.18. The van der Waals surface area contributed by atoms with Gasteiger partial charge in [-0.2, -0.15) is 24.3 Å². The van der Waals surface area contributed by atoms with Gasteiger partial charge in [-0.1, -0.05) is 63.7 Å². The zero-order chi connectivity index (χ0) is 25.1. The Hall–Kier alpha value is -1.03. The molecule has 2 radical (unpaired) electrons. The fraction of sp³-hybridized carbons (Fsp3) is 0.357. The molecule has 38 heavy (non-hydrogen) atoms. The van der Waals surface area contributed by atoms with Gasteiger partial charge in [0.15, 0.2) is 0 Å². The van der Waals surface area contributed by atoms with Crippen LogP contribution in [0.5, 0.6) is 23.0 Å². The van der Waals surface area contributed by atoms with E-state index in [2.05, 4.69) is 89.3 Å². The molecule has 0 saturated heterocycles. The van der Waals surface area contributed by atoms with Crippen LogP contribution in [0.1, 0.15) is 27.7 Å². The quantitative estimate of drug-likeness (QED) is 0.245. The molecule has 0 unspecified atom stereocenters. The van der Waals surface area contributed by atoms with Crippen LogP contribution >= 0.6 is 0 Å². The predicted octanol–water partition coefficient (Wildman–Crippen LogP) is 2.42. The summed E-state index contributed by atoms with van der Waals surface area (Å²) in [6.07, 6.45) is 0. The van der Waals surface area contributed by atoms with E-state index in [9.17, 15) is 0 Å². The Morgan fingerprint density at radius 2 is 0.947 bits per heavy atom. The number of fused-ring (bicyclic) bond motifs is 6. The van der Waals surface area contributed by atoms with Gasteiger partial charge in [0.05, 0.1) is 0 Å². The van der Waals surface area contributed by atoms with Gasteiger partial charge in [-0.25, -0.2) is 0 Å². The fourth-order valence-corrected chi connectivity index (χ4v) is 9.11. The van der Waals surface area contributed by atoms with Crippen LogP contribution in [-0.2, 0) is 26.2 Å². The summed E-state index contributed by atoms with van der Waals surface area (Å²) in [7, 11) is -2.87. The molecule has 0 bridgehead atoms. The van der Waals surface area contributed by atoms with Crippen LogP contribution in [-0.4, -0.2) is 26.6 Å². The first-order valence-electron chi connectivity index (χ1n) is 12.7. The number of hydrogen-bond acceptors (Lipinski definition) is 4. The number of rotatable bonds is 4. The van der Waals surface area contributed by atoms with Gasteiger partial charge in [-0.05, 0) is 0 Å². The van der Waals surface area contributed by atoms with E-state index < -0.39 is 17.1 Å². The summed E-state index contributed by atoms with van der Waals surface area (Å²) in [6.45, 7) is 12.9. The minimum absolute atomic E-state index is 0. The molecule has 0 atom stereocenters. The van der Waals surface area contributed by atoms with E-state index in [4.69, 9.17) is 17.7 Å². The molecule has 10 heteroatoms. The van der Waals surface area contributed by atoms with Gasteiger partial charge >= 0.3 is 43.3 Å². The van der Waals surface area contributed by atoms with Gasteiger partial charge in [0.2, 0.25) is 0 Å². The first-order valence-corrected chi connectivity index (χ1v) is 19.1. The first kappa shape index (κ1) is 35.0. The number of hydrogen-bond donors (Lipinski definition) is 0. The van der Waals surface area contributed by atoms with Gasteiger partial charge < -0.3 is 42.5 Å². The Morgan fingerprint density at radius 1 is 0.605 bits per heavy atom. The first-order chi connectivity index (χ1) is 17.0. The van der Waals surface area contributed by atoms with E-state index in [0.717, 1.165) is 56.7 Å². The van der Waals surface area contributed by atoms with Gasteiger partial charge in [0.1, 0.15) is 23.0 Å². The van der Waals surface area contributed by atoms with Crippen molar-refractivity contribution >= 4 is 48.2 Å². The van der Waals surface area contributed by atoms with Crippen LogP contribution in [0.25, 0.3) is 21.5 Å². The maximum absolute atomic E-state index is 6.18. The van der Waals surface area contributed by atoms with Gasteiger partial charge in [0, 0.05) is 33.7 Å². The van der Waals surface area contributed by atoms with Crippen molar-refractivity contribution in [3.63, 3.8) is 0 Å². The fourth-order valence-electron chi connectivity index (χ4n) is 4.58. The average Bonchev–Trinajstić information content (AvgIpc) is 3.67. The van der Waals surface area contributed by atoms with Crippen LogP contribution in [0.2, 0.25) is 37.3 Å². The monoisotopic (exact) mass is 680 g/mol. The van der Waals surface area contributed by atoms with E-state index in [0.29, 0.717) is 0 Å². The summed E-state index contributed by atoms with van der Waals surface area (Å²) < 4.78 is 24.5. The Bertz CT molecular complexity index is 1190. The summed E-state index contributed by atoms with van der Waals surface area (Å²) in [5, 5.41) is 4.85. The third-order valence-electron chi connectivity index (χ3n) is 6.79. The molecule has 0 spiro atoms. The van der Waals surface area contributed by atoms with E-state index in [1.54, 1.807) is 0 Å². The van der Waals surface area contributed by atoms with Crippen molar-refractivity contribution < 1.29 is 68.7 Å². The number of benzene rings is 2. The molecule has 0 saturated carbocycles. The molecule has 4 nitrogen and oxygen atoms in total. The minimum Gasteiger partial charge on any atom is -1.00 e. The Morgan fingerprint density at radius 3 is 1.26 bits per heavy atom. The molecule has 2 heterocycles. The van der Waals surface area contributed by atoms with Gasteiger partial charge in [-0.3, -0.25) is 0 Å². The summed E-state index contributed by atoms with van der Waals surface area (Å²) in [5.74, 6) is 3.82. The predicted molar refractivity (Wildman–Crippen MR) is 153 cm³/mol. The molecule has 0 fully saturated rings. The van der Waals surface area contributed by atoms with Crippen LogP contribution < -0.4 is 42.5 Å². The van der Waals surface area contributed by atoms with Gasteiger partial charge in [0.25, 0.3) is 0 Å². The van der Waals surface area contributed by atoms with Crippen molar-refractivity contribution in [2.45, 2.75) is 65.0 Å². The zero-order valence-electron chi connectivity index (χ0n) is 23.0. The van der Waals surface area contributed by atoms with Crippen molar-refractivity contribution in [3.05, 3.63) is 60.7 Å². The van der Waals surface area contributed by atoms with E-state index in [1.165, 1.54) is 21.5 Å². The molecule has 4 aromatic carbocycles. The summed E-state index contributed by atoms with van der Waals surface area (Å²) in [5.41, 5.74) is 0. The van der Waals surface area contributed by atoms with Crippen molar-refractivity contribution in [1.82, 2.24) is 0 Å². The molecule has 2 aliphatic heterocycles. The molecule has 4 aromatic rings.